The maximum atomic E-state index is 12.4. The van der Waals surface area contributed by atoms with Crippen LogP contribution in [0, 0.1) is 0 Å². The second kappa shape index (κ2) is 12.2. The minimum atomic E-state index is -0.544. The van der Waals surface area contributed by atoms with Gasteiger partial charge in [0.25, 0.3) is 0 Å². The van der Waals surface area contributed by atoms with E-state index in [1.807, 2.05) is 39.0 Å². The zero-order valence-electron chi connectivity index (χ0n) is 18.3. The highest BCUT2D eigenvalue weighted by atomic mass is 16.7. The number of alkyl carbamates (subject to hydrolysis) is 1. The van der Waals surface area contributed by atoms with Gasteiger partial charge in [0.15, 0.2) is 6.29 Å². The molecule has 2 rings (SSSR count). The quantitative estimate of drug-likeness (QED) is 0.580. The van der Waals surface area contributed by atoms with Gasteiger partial charge in [-0.1, -0.05) is 30.3 Å². The first-order valence-electron chi connectivity index (χ1n) is 10.7. The van der Waals surface area contributed by atoms with Crippen LogP contribution in [0.25, 0.3) is 0 Å². The lowest BCUT2D eigenvalue weighted by atomic mass is 9.98. The minimum absolute atomic E-state index is 0.0789. The molecule has 29 heavy (non-hydrogen) atoms. The topological polar surface area (TPSA) is 66.0 Å². The van der Waals surface area contributed by atoms with Gasteiger partial charge < -0.3 is 24.3 Å². The Bertz CT molecular complexity index is 581. The molecule has 1 saturated heterocycles. The molecule has 164 valence electrons. The average Bonchev–Trinajstić information content (AvgIpc) is 2.68. The highest BCUT2D eigenvalue weighted by Gasteiger charge is 2.26. The molecule has 1 fully saturated rings. The smallest absolute Gasteiger partial charge is 0.407 e. The van der Waals surface area contributed by atoms with Gasteiger partial charge in [0.05, 0.1) is 12.1 Å². The van der Waals surface area contributed by atoms with Gasteiger partial charge in [0.1, 0.15) is 5.60 Å². The maximum absolute atomic E-state index is 12.4. The summed E-state index contributed by atoms with van der Waals surface area (Å²) in [4.78, 5) is 12.4. The molecule has 0 saturated carbocycles. The number of nitrogens with one attached hydrogen (secondary N) is 1. The molecule has 1 aliphatic heterocycles. The van der Waals surface area contributed by atoms with E-state index in [4.69, 9.17) is 18.9 Å². The van der Waals surface area contributed by atoms with Crippen molar-refractivity contribution in [2.24, 2.45) is 0 Å². The predicted octanol–water partition coefficient (Wildman–Crippen LogP) is 4.46. The largest absolute Gasteiger partial charge is 0.444 e. The Morgan fingerprint density at radius 2 is 2.00 bits per heavy atom. The van der Waals surface area contributed by atoms with Gasteiger partial charge in [-0.05, 0) is 64.9 Å². The summed E-state index contributed by atoms with van der Waals surface area (Å²) in [7, 11) is 1.69. The number of rotatable bonds is 10. The summed E-state index contributed by atoms with van der Waals surface area (Å²) in [5, 5.41) is 3.01. The number of carbonyl (C=O) groups is 1. The van der Waals surface area contributed by atoms with Crippen LogP contribution in [-0.2, 0) is 25.4 Å². The number of amides is 1. The van der Waals surface area contributed by atoms with Gasteiger partial charge in [-0.2, -0.15) is 0 Å². The van der Waals surface area contributed by atoms with Gasteiger partial charge in [0.2, 0.25) is 0 Å². The van der Waals surface area contributed by atoms with Gasteiger partial charge in [-0.3, -0.25) is 0 Å². The first-order valence-corrected chi connectivity index (χ1v) is 10.7. The van der Waals surface area contributed by atoms with E-state index in [1.165, 1.54) is 0 Å². The molecule has 6 heteroatoms. The SMILES string of the molecule is CO[C@H](CCCOC1CCCCO1)[C@H](Cc1ccccc1)NC(=O)OC(C)(C)C. The predicted molar refractivity (Wildman–Crippen MR) is 113 cm³/mol. The summed E-state index contributed by atoms with van der Waals surface area (Å²) in [6.07, 6.45) is 4.87. The fraction of sp³-hybridized carbons (Fsp3) is 0.696. The van der Waals surface area contributed by atoms with Crippen LogP contribution in [-0.4, -0.2) is 50.5 Å². The number of hydrogen-bond donors (Lipinski definition) is 1. The van der Waals surface area contributed by atoms with Crippen molar-refractivity contribution in [2.75, 3.05) is 20.3 Å². The molecule has 0 bridgehead atoms. The second-order valence-electron chi connectivity index (χ2n) is 8.53. The van der Waals surface area contributed by atoms with Crippen molar-refractivity contribution in [1.29, 1.82) is 0 Å². The van der Waals surface area contributed by atoms with E-state index in [9.17, 15) is 4.79 Å². The van der Waals surface area contributed by atoms with Gasteiger partial charge >= 0.3 is 6.09 Å². The van der Waals surface area contributed by atoms with Crippen molar-refractivity contribution in [3.8, 4) is 0 Å². The zero-order chi connectivity index (χ0) is 21.1. The number of hydrogen-bond acceptors (Lipinski definition) is 5. The van der Waals surface area contributed by atoms with Crippen LogP contribution in [0.5, 0.6) is 0 Å². The highest BCUT2D eigenvalue weighted by molar-refractivity contribution is 5.68. The molecule has 0 spiro atoms. The Hall–Kier alpha value is -1.63. The molecular formula is C23H37NO5. The Kier molecular flexibility index (Phi) is 9.91. The Morgan fingerprint density at radius 1 is 1.24 bits per heavy atom. The van der Waals surface area contributed by atoms with Crippen LogP contribution < -0.4 is 5.32 Å². The van der Waals surface area contributed by atoms with Crippen molar-refractivity contribution in [3.63, 3.8) is 0 Å². The van der Waals surface area contributed by atoms with Crippen LogP contribution >= 0.6 is 0 Å². The van der Waals surface area contributed by atoms with Crippen LogP contribution in [0.4, 0.5) is 4.79 Å². The molecular weight excluding hydrogens is 370 g/mol. The van der Waals surface area contributed by atoms with E-state index in [0.717, 1.165) is 44.3 Å². The minimum Gasteiger partial charge on any atom is -0.444 e. The Balaban J connectivity index is 1.90. The molecule has 6 nitrogen and oxygen atoms in total. The molecule has 1 heterocycles. The molecule has 1 aromatic carbocycles. The molecule has 3 atom stereocenters. The number of benzene rings is 1. The molecule has 1 amide bonds. The molecule has 0 aliphatic carbocycles. The Morgan fingerprint density at radius 3 is 2.62 bits per heavy atom. The van der Waals surface area contributed by atoms with E-state index in [0.29, 0.717) is 13.0 Å². The molecule has 1 unspecified atom stereocenters. The third kappa shape index (κ3) is 9.61. The van der Waals surface area contributed by atoms with Crippen molar-refractivity contribution in [3.05, 3.63) is 35.9 Å². The molecule has 1 aliphatic rings. The fourth-order valence-corrected chi connectivity index (χ4v) is 3.43. The summed E-state index contributed by atoms with van der Waals surface area (Å²) >= 11 is 0. The first kappa shape index (κ1) is 23.6. The fourth-order valence-electron chi connectivity index (χ4n) is 3.43. The maximum Gasteiger partial charge on any atom is 0.407 e. The zero-order valence-corrected chi connectivity index (χ0v) is 18.3. The molecule has 1 aromatic rings. The summed E-state index contributed by atoms with van der Waals surface area (Å²) in [6.45, 7) is 6.98. The van der Waals surface area contributed by atoms with E-state index in [1.54, 1.807) is 7.11 Å². The van der Waals surface area contributed by atoms with Crippen LogP contribution in [0.3, 0.4) is 0 Å². The van der Waals surface area contributed by atoms with Crippen LogP contribution in [0.1, 0.15) is 58.4 Å². The Labute approximate surface area is 175 Å². The van der Waals surface area contributed by atoms with Crippen molar-refractivity contribution in [2.45, 2.75) is 83.3 Å². The highest BCUT2D eigenvalue weighted by Crippen LogP contribution is 2.17. The second-order valence-corrected chi connectivity index (χ2v) is 8.53. The van der Waals surface area contributed by atoms with Gasteiger partial charge in [0, 0.05) is 20.3 Å². The lowest BCUT2D eigenvalue weighted by Gasteiger charge is -2.29. The van der Waals surface area contributed by atoms with E-state index < -0.39 is 11.7 Å². The normalized spacial score (nSPS) is 19.4. The van der Waals surface area contributed by atoms with E-state index in [-0.39, 0.29) is 18.4 Å². The third-order valence-corrected chi connectivity index (χ3v) is 4.83. The third-order valence-electron chi connectivity index (χ3n) is 4.83. The summed E-state index contributed by atoms with van der Waals surface area (Å²) < 4.78 is 22.7. The van der Waals surface area contributed by atoms with Gasteiger partial charge in [-0.15, -0.1) is 0 Å². The van der Waals surface area contributed by atoms with Crippen molar-refractivity contribution >= 4 is 6.09 Å². The van der Waals surface area contributed by atoms with Crippen molar-refractivity contribution in [1.82, 2.24) is 5.32 Å². The number of ether oxygens (including phenoxy) is 4. The van der Waals surface area contributed by atoms with Gasteiger partial charge in [-0.25, -0.2) is 4.79 Å². The van der Waals surface area contributed by atoms with Crippen molar-refractivity contribution < 1.29 is 23.7 Å². The summed E-state index contributed by atoms with van der Waals surface area (Å²) in [5.74, 6) is 0. The molecule has 1 N–H and O–H groups in total. The van der Waals surface area contributed by atoms with Crippen LogP contribution in [0.2, 0.25) is 0 Å². The number of carbonyl (C=O) groups excluding carboxylic acids is 1. The standard InChI is InChI=1S/C23H37NO5/c1-23(2,3)29-22(25)24-19(17-18-11-6-5-7-12-18)20(26-4)13-10-16-28-21-14-8-9-15-27-21/h5-7,11-12,19-21H,8-10,13-17H2,1-4H3,(H,24,25)/t19-,20+,21?/m0/s1. The summed E-state index contributed by atoms with van der Waals surface area (Å²) in [6, 6.07) is 9.90. The number of methoxy groups -OCH3 is 1. The van der Waals surface area contributed by atoms with Crippen LogP contribution in [0.15, 0.2) is 30.3 Å². The molecule has 0 aromatic heterocycles. The molecule has 0 radical (unpaired) electrons. The average molecular weight is 408 g/mol. The lowest BCUT2D eigenvalue weighted by molar-refractivity contribution is -0.163. The monoisotopic (exact) mass is 407 g/mol. The first-order chi connectivity index (χ1) is 13.9. The lowest BCUT2D eigenvalue weighted by Crippen LogP contribution is -2.47. The summed E-state index contributed by atoms with van der Waals surface area (Å²) in [5.41, 5.74) is 0.597. The van der Waals surface area contributed by atoms with E-state index >= 15 is 0 Å². The van der Waals surface area contributed by atoms with E-state index in [2.05, 4.69) is 17.4 Å².